The Morgan fingerprint density at radius 1 is 1.36 bits per heavy atom. The Bertz CT molecular complexity index is 873. The van der Waals surface area contributed by atoms with Crippen molar-refractivity contribution in [2.45, 2.75) is 59.9 Å². The molecule has 8 nitrogen and oxygen atoms in total. The largest absolute Gasteiger partial charge is 0.451 e. The first kappa shape index (κ1) is 20.2. The maximum absolute atomic E-state index is 12.1. The van der Waals surface area contributed by atoms with Gasteiger partial charge in [-0.3, -0.25) is 9.59 Å². The summed E-state index contributed by atoms with van der Waals surface area (Å²) >= 11 is 0. The van der Waals surface area contributed by atoms with Gasteiger partial charge in [0.15, 0.2) is 12.3 Å². The van der Waals surface area contributed by atoms with Gasteiger partial charge in [-0.2, -0.15) is 10.2 Å². The van der Waals surface area contributed by atoms with Crippen LogP contribution in [0.15, 0.2) is 22.0 Å². The Labute approximate surface area is 164 Å². The van der Waals surface area contributed by atoms with Crippen molar-refractivity contribution in [1.82, 2.24) is 15.2 Å². The minimum absolute atomic E-state index is 0.00147. The Kier molecular flexibility index (Phi) is 5.41. The van der Waals surface area contributed by atoms with Crippen LogP contribution in [0.2, 0.25) is 0 Å². The van der Waals surface area contributed by atoms with Crippen molar-refractivity contribution in [2.75, 3.05) is 6.61 Å². The van der Waals surface area contributed by atoms with Crippen molar-refractivity contribution in [1.29, 1.82) is 0 Å². The van der Waals surface area contributed by atoms with E-state index in [9.17, 15) is 14.4 Å². The van der Waals surface area contributed by atoms with E-state index in [4.69, 9.17) is 4.74 Å². The molecule has 0 aromatic carbocycles. The number of hydrazone groups is 1. The van der Waals surface area contributed by atoms with Gasteiger partial charge in [0.1, 0.15) is 0 Å². The van der Waals surface area contributed by atoms with Crippen LogP contribution >= 0.6 is 0 Å². The summed E-state index contributed by atoms with van der Waals surface area (Å²) in [5.74, 6) is -0.650. The summed E-state index contributed by atoms with van der Waals surface area (Å²) in [4.78, 5) is 35.8. The Balaban J connectivity index is 1.56. The number of esters is 1. The molecule has 1 heterocycles. The molecule has 0 radical (unpaired) electrons. The van der Waals surface area contributed by atoms with Crippen LogP contribution in [0.25, 0.3) is 0 Å². The number of carbonyl (C=O) groups is 2. The topological polar surface area (TPSA) is 103 Å². The summed E-state index contributed by atoms with van der Waals surface area (Å²) in [5.41, 5.74) is 3.42. The second-order valence-electron chi connectivity index (χ2n) is 8.44. The van der Waals surface area contributed by atoms with Gasteiger partial charge >= 0.3 is 5.97 Å². The summed E-state index contributed by atoms with van der Waals surface area (Å²) in [6.45, 7) is 8.61. The number of ether oxygens (including phenoxy) is 1. The summed E-state index contributed by atoms with van der Waals surface area (Å²) in [6, 6.07) is 2.57. The van der Waals surface area contributed by atoms with Crippen LogP contribution in [0.5, 0.6) is 0 Å². The van der Waals surface area contributed by atoms with Crippen LogP contribution in [0.1, 0.15) is 63.9 Å². The molecule has 2 aliphatic carbocycles. The SMILES string of the molecule is CCCn1nc(C(=O)OCC(=O)N/N=C2\CC3CCC2(C)C3(C)C)ccc1=O. The number of aromatic nitrogens is 2. The second kappa shape index (κ2) is 7.48. The highest BCUT2D eigenvalue weighted by molar-refractivity contribution is 5.95. The lowest BCUT2D eigenvalue weighted by atomic mass is 9.70. The van der Waals surface area contributed by atoms with E-state index in [-0.39, 0.29) is 22.1 Å². The van der Waals surface area contributed by atoms with Crippen LogP contribution in [0, 0.1) is 16.7 Å². The number of amides is 1. The van der Waals surface area contributed by atoms with Crippen molar-refractivity contribution in [3.05, 3.63) is 28.2 Å². The summed E-state index contributed by atoms with van der Waals surface area (Å²) in [5, 5.41) is 8.31. The Morgan fingerprint density at radius 2 is 2.11 bits per heavy atom. The third-order valence-electron chi connectivity index (χ3n) is 6.67. The lowest BCUT2D eigenvalue weighted by Crippen LogP contribution is -2.35. The molecule has 0 saturated heterocycles. The van der Waals surface area contributed by atoms with Gasteiger partial charge in [0, 0.05) is 23.7 Å². The predicted octanol–water partition coefficient (Wildman–Crippen LogP) is 2.13. The highest BCUT2D eigenvalue weighted by atomic mass is 16.5. The zero-order valence-corrected chi connectivity index (χ0v) is 16.9. The van der Waals surface area contributed by atoms with Crippen LogP contribution in [0.4, 0.5) is 0 Å². The van der Waals surface area contributed by atoms with E-state index >= 15 is 0 Å². The average Bonchev–Trinajstić information content (AvgIpc) is 2.99. The molecule has 28 heavy (non-hydrogen) atoms. The minimum atomic E-state index is -0.749. The third kappa shape index (κ3) is 3.47. The van der Waals surface area contributed by atoms with Crippen LogP contribution in [0.3, 0.4) is 0 Å². The summed E-state index contributed by atoms with van der Waals surface area (Å²) < 4.78 is 6.22. The molecule has 1 amide bonds. The van der Waals surface area contributed by atoms with Gasteiger partial charge in [0.05, 0.1) is 0 Å². The van der Waals surface area contributed by atoms with Gasteiger partial charge in [0.25, 0.3) is 11.5 Å². The molecule has 0 spiro atoms. The monoisotopic (exact) mass is 388 g/mol. The first-order valence-corrected chi connectivity index (χ1v) is 9.80. The quantitative estimate of drug-likeness (QED) is 0.594. The molecule has 1 aromatic rings. The fourth-order valence-electron chi connectivity index (χ4n) is 4.39. The molecule has 2 saturated carbocycles. The molecule has 3 rings (SSSR count). The molecule has 0 aliphatic heterocycles. The van der Waals surface area contributed by atoms with Gasteiger partial charge < -0.3 is 4.74 Å². The van der Waals surface area contributed by atoms with E-state index in [1.807, 2.05) is 6.92 Å². The normalized spacial score (nSPS) is 26.4. The summed E-state index contributed by atoms with van der Waals surface area (Å²) in [6.07, 6.45) is 3.88. The van der Waals surface area contributed by atoms with Gasteiger partial charge in [-0.15, -0.1) is 0 Å². The first-order valence-electron chi connectivity index (χ1n) is 9.80. The van der Waals surface area contributed by atoms with Crippen molar-refractivity contribution < 1.29 is 14.3 Å². The third-order valence-corrected chi connectivity index (χ3v) is 6.67. The molecule has 1 aromatic heterocycles. The number of aryl methyl sites for hydroxylation is 1. The maximum Gasteiger partial charge on any atom is 0.359 e. The van der Waals surface area contributed by atoms with Gasteiger partial charge in [-0.25, -0.2) is 14.9 Å². The van der Waals surface area contributed by atoms with E-state index < -0.39 is 18.5 Å². The molecule has 2 bridgehead atoms. The molecule has 2 fully saturated rings. The number of hydrogen-bond donors (Lipinski definition) is 1. The zero-order valence-electron chi connectivity index (χ0n) is 16.9. The zero-order chi connectivity index (χ0) is 20.5. The van der Waals surface area contributed by atoms with E-state index in [0.29, 0.717) is 18.9 Å². The molecule has 2 aliphatic rings. The van der Waals surface area contributed by atoms with Gasteiger partial charge in [-0.1, -0.05) is 27.7 Å². The molecule has 2 atom stereocenters. The van der Waals surface area contributed by atoms with Crippen LogP contribution in [-0.2, 0) is 16.1 Å². The van der Waals surface area contributed by atoms with E-state index in [1.165, 1.54) is 23.2 Å². The predicted molar refractivity (Wildman–Crippen MR) is 104 cm³/mol. The average molecular weight is 388 g/mol. The Morgan fingerprint density at radius 3 is 2.71 bits per heavy atom. The number of rotatable bonds is 6. The second-order valence-corrected chi connectivity index (χ2v) is 8.44. The Hall–Kier alpha value is -2.51. The molecule has 152 valence electrons. The summed E-state index contributed by atoms with van der Waals surface area (Å²) in [7, 11) is 0. The number of fused-ring (bicyclic) bond motifs is 2. The van der Waals surface area contributed by atoms with Gasteiger partial charge in [0.2, 0.25) is 0 Å². The first-order chi connectivity index (χ1) is 13.2. The highest BCUT2D eigenvalue weighted by Crippen LogP contribution is 2.63. The smallest absolute Gasteiger partial charge is 0.359 e. The minimum Gasteiger partial charge on any atom is -0.451 e. The molecule has 2 unspecified atom stereocenters. The number of hydrogen-bond acceptors (Lipinski definition) is 6. The lowest BCUT2D eigenvalue weighted by molar-refractivity contribution is -0.124. The van der Waals surface area contributed by atoms with E-state index in [0.717, 1.165) is 18.6 Å². The molecular formula is C20H28N4O4. The van der Waals surface area contributed by atoms with E-state index in [2.05, 4.69) is 36.4 Å². The lowest BCUT2D eigenvalue weighted by Gasteiger charge is -2.34. The van der Waals surface area contributed by atoms with Crippen molar-refractivity contribution in [3.8, 4) is 0 Å². The highest BCUT2D eigenvalue weighted by Gasteiger charge is 2.60. The van der Waals surface area contributed by atoms with Crippen LogP contribution < -0.4 is 11.0 Å². The molecule has 1 N–H and O–H groups in total. The number of nitrogens with zero attached hydrogens (tertiary/aromatic N) is 3. The fraction of sp³-hybridized carbons (Fsp3) is 0.650. The maximum atomic E-state index is 12.1. The fourth-order valence-corrected chi connectivity index (χ4v) is 4.39. The van der Waals surface area contributed by atoms with Crippen molar-refractivity contribution in [2.24, 2.45) is 21.8 Å². The number of nitrogens with one attached hydrogen (secondary N) is 1. The molecule has 8 heteroatoms. The van der Waals surface area contributed by atoms with Crippen molar-refractivity contribution >= 4 is 17.6 Å². The van der Waals surface area contributed by atoms with Gasteiger partial charge in [-0.05, 0) is 43.1 Å². The molecular weight excluding hydrogens is 360 g/mol. The standard InChI is InChI=1S/C20H28N4O4/c1-5-10-24-17(26)7-6-14(23-24)18(27)28-12-16(25)22-21-15-11-13-8-9-20(15,4)19(13,2)3/h6-7,13H,5,8-12H2,1-4H3,(H,22,25)/b21-15+. The van der Waals surface area contributed by atoms with E-state index in [1.54, 1.807) is 0 Å². The number of carbonyl (C=O) groups excluding carboxylic acids is 2. The van der Waals surface area contributed by atoms with Crippen molar-refractivity contribution in [3.63, 3.8) is 0 Å². The van der Waals surface area contributed by atoms with Crippen LogP contribution in [-0.4, -0.2) is 34.0 Å².